The molecular formula is C11H16N2O4. The Kier molecular flexibility index (Phi) is 3.04. The molecule has 2 amide bonds. The summed E-state index contributed by atoms with van der Waals surface area (Å²) >= 11 is 0. The fourth-order valence-corrected chi connectivity index (χ4v) is 2.69. The molecule has 3 unspecified atom stereocenters. The van der Waals surface area contributed by atoms with E-state index < -0.39 is 11.8 Å². The van der Waals surface area contributed by atoms with Gasteiger partial charge in [0.2, 0.25) is 0 Å². The molecule has 0 bridgehead atoms. The molecule has 0 radical (unpaired) electrons. The molecule has 2 fully saturated rings. The van der Waals surface area contributed by atoms with Crippen LogP contribution in [0.5, 0.6) is 0 Å². The van der Waals surface area contributed by atoms with Gasteiger partial charge in [-0.3, -0.25) is 14.4 Å². The molecule has 2 rings (SSSR count). The van der Waals surface area contributed by atoms with Crippen molar-refractivity contribution in [2.45, 2.75) is 31.3 Å². The smallest absolute Gasteiger partial charge is 0.311 e. The highest BCUT2D eigenvalue weighted by atomic mass is 16.5. The lowest BCUT2D eigenvalue weighted by molar-refractivity contribution is -0.155. The van der Waals surface area contributed by atoms with Crippen molar-refractivity contribution >= 4 is 17.8 Å². The van der Waals surface area contributed by atoms with Crippen LogP contribution >= 0.6 is 0 Å². The van der Waals surface area contributed by atoms with Crippen molar-refractivity contribution in [2.24, 2.45) is 5.92 Å². The van der Waals surface area contributed by atoms with Crippen molar-refractivity contribution in [2.75, 3.05) is 14.2 Å². The number of methoxy groups -OCH3 is 1. The van der Waals surface area contributed by atoms with E-state index in [-0.39, 0.29) is 24.0 Å². The second-order valence-corrected chi connectivity index (χ2v) is 4.60. The van der Waals surface area contributed by atoms with Gasteiger partial charge in [0.25, 0.3) is 0 Å². The molecule has 1 saturated carbocycles. The van der Waals surface area contributed by atoms with Crippen LogP contribution in [0.4, 0.5) is 0 Å². The van der Waals surface area contributed by atoms with Gasteiger partial charge in [0.15, 0.2) is 0 Å². The average Bonchev–Trinajstić information content (AvgIpc) is 2.34. The van der Waals surface area contributed by atoms with Crippen LogP contribution < -0.4 is 5.32 Å². The summed E-state index contributed by atoms with van der Waals surface area (Å²) in [5.41, 5.74) is 0. The van der Waals surface area contributed by atoms with E-state index >= 15 is 0 Å². The van der Waals surface area contributed by atoms with Crippen LogP contribution in [0.2, 0.25) is 0 Å². The molecule has 1 saturated heterocycles. The van der Waals surface area contributed by atoms with E-state index in [0.29, 0.717) is 19.3 Å². The third-order valence-electron chi connectivity index (χ3n) is 3.68. The molecule has 1 N–H and O–H groups in total. The van der Waals surface area contributed by atoms with Crippen LogP contribution in [-0.2, 0) is 19.1 Å². The van der Waals surface area contributed by atoms with E-state index in [4.69, 9.17) is 4.74 Å². The standard InChI is InChI=1S/C11H16N2O4/c1-13-8-4-3-6(11(16)17-2)5-7(8)12-9(14)10(13)15/h6-8H,3-5H2,1-2H3,(H,12,14). The van der Waals surface area contributed by atoms with Gasteiger partial charge < -0.3 is 15.0 Å². The minimum atomic E-state index is -0.584. The number of rotatable bonds is 1. The Morgan fingerprint density at radius 1 is 1.41 bits per heavy atom. The maximum Gasteiger partial charge on any atom is 0.311 e. The minimum absolute atomic E-state index is 0.00102. The van der Waals surface area contributed by atoms with Gasteiger partial charge in [-0.2, -0.15) is 0 Å². The number of likely N-dealkylation sites (N-methyl/N-ethyl adjacent to an activating group) is 1. The van der Waals surface area contributed by atoms with Gasteiger partial charge in [-0.15, -0.1) is 0 Å². The maximum absolute atomic E-state index is 11.5. The molecule has 6 nitrogen and oxygen atoms in total. The highest BCUT2D eigenvalue weighted by Gasteiger charge is 2.43. The first-order valence-electron chi connectivity index (χ1n) is 5.70. The lowest BCUT2D eigenvalue weighted by Crippen LogP contribution is -2.64. The fourth-order valence-electron chi connectivity index (χ4n) is 2.69. The van der Waals surface area contributed by atoms with Gasteiger partial charge in [0.1, 0.15) is 0 Å². The molecule has 1 aliphatic carbocycles. The van der Waals surface area contributed by atoms with Crippen molar-refractivity contribution < 1.29 is 19.1 Å². The highest BCUT2D eigenvalue weighted by molar-refractivity contribution is 6.35. The Labute approximate surface area is 99.3 Å². The Morgan fingerprint density at radius 2 is 2.12 bits per heavy atom. The summed E-state index contributed by atoms with van der Waals surface area (Å²) in [6.07, 6.45) is 1.95. The Balaban J connectivity index is 2.09. The molecule has 2 aliphatic rings. The second-order valence-electron chi connectivity index (χ2n) is 4.60. The maximum atomic E-state index is 11.5. The number of fused-ring (bicyclic) bond motifs is 1. The third-order valence-corrected chi connectivity index (χ3v) is 3.68. The van der Waals surface area contributed by atoms with Crippen LogP contribution in [0.15, 0.2) is 0 Å². The summed E-state index contributed by atoms with van der Waals surface area (Å²) < 4.78 is 4.71. The lowest BCUT2D eigenvalue weighted by atomic mass is 9.80. The molecule has 0 aromatic rings. The zero-order chi connectivity index (χ0) is 12.6. The van der Waals surface area contributed by atoms with Crippen molar-refractivity contribution in [3.05, 3.63) is 0 Å². The third kappa shape index (κ3) is 1.99. The van der Waals surface area contributed by atoms with Crippen LogP contribution in [0.3, 0.4) is 0 Å². The van der Waals surface area contributed by atoms with Gasteiger partial charge in [0, 0.05) is 7.05 Å². The van der Waals surface area contributed by atoms with Crippen LogP contribution in [-0.4, -0.2) is 48.9 Å². The van der Waals surface area contributed by atoms with E-state index in [1.807, 2.05) is 0 Å². The molecule has 0 aromatic heterocycles. The number of hydrogen-bond donors (Lipinski definition) is 1. The van der Waals surface area contributed by atoms with Gasteiger partial charge in [-0.25, -0.2) is 0 Å². The number of nitrogens with zero attached hydrogens (tertiary/aromatic N) is 1. The SMILES string of the molecule is COC(=O)C1CCC2C(C1)NC(=O)C(=O)N2C. The van der Waals surface area contributed by atoms with Crippen LogP contribution in [0.25, 0.3) is 0 Å². The monoisotopic (exact) mass is 240 g/mol. The number of esters is 1. The molecular weight excluding hydrogens is 224 g/mol. The first-order chi connectivity index (χ1) is 8.04. The second kappa shape index (κ2) is 4.35. The van der Waals surface area contributed by atoms with Crippen LogP contribution in [0, 0.1) is 5.92 Å². The summed E-state index contributed by atoms with van der Waals surface area (Å²) in [5, 5.41) is 2.67. The quantitative estimate of drug-likeness (QED) is 0.485. The van der Waals surface area contributed by atoms with Crippen LogP contribution in [0.1, 0.15) is 19.3 Å². The predicted octanol–water partition coefficient (Wildman–Crippen LogP) is -0.715. The van der Waals surface area contributed by atoms with Gasteiger partial charge in [-0.1, -0.05) is 0 Å². The minimum Gasteiger partial charge on any atom is -0.469 e. The molecule has 0 aromatic carbocycles. The predicted molar refractivity (Wildman–Crippen MR) is 57.8 cm³/mol. The Bertz CT molecular complexity index is 368. The van der Waals surface area contributed by atoms with E-state index in [1.54, 1.807) is 7.05 Å². The van der Waals surface area contributed by atoms with Crippen molar-refractivity contribution in [1.29, 1.82) is 0 Å². The fraction of sp³-hybridized carbons (Fsp3) is 0.727. The Morgan fingerprint density at radius 3 is 2.76 bits per heavy atom. The first-order valence-corrected chi connectivity index (χ1v) is 5.70. The van der Waals surface area contributed by atoms with Crippen molar-refractivity contribution in [1.82, 2.24) is 10.2 Å². The summed E-state index contributed by atoms with van der Waals surface area (Å²) in [5.74, 6) is -1.50. The number of carbonyl (C=O) groups excluding carboxylic acids is 3. The molecule has 1 heterocycles. The zero-order valence-electron chi connectivity index (χ0n) is 9.93. The number of nitrogens with one attached hydrogen (secondary N) is 1. The summed E-state index contributed by atoms with van der Waals surface area (Å²) in [6.45, 7) is 0. The molecule has 3 atom stereocenters. The summed E-state index contributed by atoms with van der Waals surface area (Å²) in [4.78, 5) is 35.8. The van der Waals surface area contributed by atoms with E-state index in [2.05, 4.69) is 5.32 Å². The van der Waals surface area contributed by atoms with E-state index in [1.165, 1.54) is 12.0 Å². The topological polar surface area (TPSA) is 75.7 Å². The molecule has 17 heavy (non-hydrogen) atoms. The van der Waals surface area contributed by atoms with E-state index in [0.717, 1.165) is 0 Å². The zero-order valence-corrected chi connectivity index (χ0v) is 9.93. The van der Waals surface area contributed by atoms with E-state index in [9.17, 15) is 14.4 Å². The number of carbonyl (C=O) groups is 3. The lowest BCUT2D eigenvalue weighted by Gasteiger charge is -2.43. The average molecular weight is 240 g/mol. The summed E-state index contributed by atoms with van der Waals surface area (Å²) in [6, 6.07) is -0.135. The normalized spacial score (nSPS) is 32.8. The van der Waals surface area contributed by atoms with Crippen molar-refractivity contribution in [3.8, 4) is 0 Å². The van der Waals surface area contributed by atoms with Gasteiger partial charge >= 0.3 is 17.8 Å². The number of hydrogen-bond acceptors (Lipinski definition) is 4. The number of piperazine rings is 1. The molecule has 6 heteroatoms. The largest absolute Gasteiger partial charge is 0.469 e. The number of amides is 2. The molecule has 1 aliphatic heterocycles. The Hall–Kier alpha value is -1.59. The van der Waals surface area contributed by atoms with Gasteiger partial charge in [-0.05, 0) is 19.3 Å². The number of ether oxygens (including phenoxy) is 1. The van der Waals surface area contributed by atoms with Gasteiger partial charge in [0.05, 0.1) is 25.1 Å². The summed E-state index contributed by atoms with van der Waals surface area (Å²) in [7, 11) is 3.00. The molecule has 94 valence electrons. The van der Waals surface area contributed by atoms with Crippen molar-refractivity contribution in [3.63, 3.8) is 0 Å². The highest BCUT2D eigenvalue weighted by Crippen LogP contribution is 2.30. The first kappa shape index (κ1) is 11.9. The molecule has 0 spiro atoms.